The molecule has 0 fully saturated rings. The summed E-state index contributed by atoms with van der Waals surface area (Å²) in [5.74, 6) is 4.01. The van der Waals surface area contributed by atoms with E-state index in [0.717, 1.165) is 85.1 Å². The topological polar surface area (TPSA) is 52.6 Å². The van der Waals surface area contributed by atoms with E-state index in [-0.39, 0.29) is 0 Å². The molecule has 0 aliphatic heterocycles. The minimum atomic E-state index is 0.800. The molecule has 0 heterocycles. The fourth-order valence-electron chi connectivity index (χ4n) is 6.60. The Balaban J connectivity index is 1.28. The first-order valence-corrected chi connectivity index (χ1v) is 18.2. The van der Waals surface area contributed by atoms with Crippen LogP contribution in [-0.2, 0) is 0 Å². The van der Waals surface area contributed by atoms with Gasteiger partial charge in [0.2, 0.25) is 0 Å². The fraction of sp³-hybridized carbons (Fsp3) is 0.102. The largest absolute Gasteiger partial charge is 0.497 e. The van der Waals surface area contributed by atoms with Crippen LogP contribution in [0, 0.1) is 0 Å². The van der Waals surface area contributed by atoms with E-state index in [9.17, 15) is 0 Å². The Labute approximate surface area is 329 Å². The lowest BCUT2D eigenvalue weighted by Crippen LogP contribution is -2.10. The predicted molar refractivity (Wildman–Crippen MR) is 228 cm³/mol. The van der Waals surface area contributed by atoms with Crippen molar-refractivity contribution in [3.63, 3.8) is 0 Å². The zero-order chi connectivity index (χ0) is 38.9. The van der Waals surface area contributed by atoms with Crippen LogP contribution in [-0.4, -0.2) is 35.5 Å². The van der Waals surface area contributed by atoms with Crippen molar-refractivity contribution in [3.05, 3.63) is 187 Å². The van der Waals surface area contributed by atoms with Gasteiger partial charge in [0.1, 0.15) is 28.7 Å². The summed E-state index contributed by atoms with van der Waals surface area (Å²) in [6.07, 6.45) is 2.22. The Morgan fingerprint density at radius 3 is 0.750 bits per heavy atom. The van der Waals surface area contributed by atoms with Crippen LogP contribution in [0.4, 0.5) is 34.1 Å². The van der Waals surface area contributed by atoms with E-state index in [1.165, 1.54) is 0 Å². The average molecular weight is 741 g/mol. The van der Waals surface area contributed by atoms with Crippen LogP contribution >= 0.6 is 0 Å². The van der Waals surface area contributed by atoms with Crippen molar-refractivity contribution < 1.29 is 23.7 Å². The standard InChI is InChI=1S/C49H44N2O5/c1-52-44-24-6-35(7-25-44)34-49(36-8-12-38(13-9-36)50(40-16-26-45(53-2)27-17-40)41-18-28-46(54-3)29-19-41)37-10-14-39(15-11-37)51(42-20-30-47(55-4)31-21-42)43-22-32-48(56-5)33-23-43/h6-34H,1-5H3. The number of hydrogen-bond acceptors (Lipinski definition) is 7. The van der Waals surface area contributed by atoms with Crippen molar-refractivity contribution in [1.29, 1.82) is 0 Å². The zero-order valence-electron chi connectivity index (χ0n) is 32.2. The summed E-state index contributed by atoms with van der Waals surface area (Å²) in [5, 5.41) is 0. The lowest BCUT2D eigenvalue weighted by Gasteiger charge is -2.26. The molecule has 280 valence electrons. The second-order valence-corrected chi connectivity index (χ2v) is 12.9. The van der Waals surface area contributed by atoms with Gasteiger partial charge in [-0.3, -0.25) is 0 Å². The van der Waals surface area contributed by atoms with Crippen LogP contribution in [0.15, 0.2) is 170 Å². The van der Waals surface area contributed by atoms with Crippen molar-refractivity contribution in [3.8, 4) is 28.7 Å². The first-order chi connectivity index (χ1) is 27.5. The Kier molecular flexibility index (Phi) is 11.5. The molecule has 0 atom stereocenters. The highest BCUT2D eigenvalue weighted by Crippen LogP contribution is 2.40. The Morgan fingerprint density at radius 1 is 0.304 bits per heavy atom. The van der Waals surface area contributed by atoms with Crippen LogP contribution in [0.5, 0.6) is 28.7 Å². The molecule has 0 amide bonds. The molecule has 7 heteroatoms. The Hall–Kier alpha value is -7.12. The number of methoxy groups -OCH3 is 5. The first kappa shape index (κ1) is 37.2. The summed E-state index contributed by atoms with van der Waals surface area (Å²) in [5.41, 5.74) is 10.3. The second-order valence-electron chi connectivity index (χ2n) is 12.9. The van der Waals surface area contributed by atoms with Crippen LogP contribution < -0.4 is 33.5 Å². The van der Waals surface area contributed by atoms with Gasteiger partial charge < -0.3 is 33.5 Å². The lowest BCUT2D eigenvalue weighted by molar-refractivity contribution is 0.414. The maximum Gasteiger partial charge on any atom is 0.119 e. The second kappa shape index (κ2) is 17.3. The Bertz CT molecular complexity index is 2100. The molecule has 0 aliphatic carbocycles. The predicted octanol–water partition coefficient (Wildman–Crippen LogP) is 12.3. The summed E-state index contributed by atoms with van der Waals surface area (Å²) < 4.78 is 27.3. The molecule has 0 saturated heterocycles. The zero-order valence-corrected chi connectivity index (χ0v) is 32.2. The minimum absolute atomic E-state index is 0.800. The number of anilines is 6. The fourth-order valence-corrected chi connectivity index (χ4v) is 6.60. The molecule has 0 aliphatic rings. The third kappa shape index (κ3) is 8.32. The highest BCUT2D eigenvalue weighted by atomic mass is 16.5. The first-order valence-electron chi connectivity index (χ1n) is 18.2. The van der Waals surface area contributed by atoms with Gasteiger partial charge in [0.05, 0.1) is 35.5 Å². The maximum atomic E-state index is 5.46. The van der Waals surface area contributed by atoms with E-state index in [1.807, 2.05) is 60.7 Å². The van der Waals surface area contributed by atoms with Gasteiger partial charge in [0.25, 0.3) is 0 Å². The maximum absolute atomic E-state index is 5.46. The summed E-state index contributed by atoms with van der Waals surface area (Å²) in [6.45, 7) is 0. The van der Waals surface area contributed by atoms with Gasteiger partial charge in [0.15, 0.2) is 0 Å². The quantitative estimate of drug-likeness (QED) is 0.103. The van der Waals surface area contributed by atoms with Gasteiger partial charge in [-0.15, -0.1) is 0 Å². The highest BCUT2D eigenvalue weighted by Gasteiger charge is 2.17. The van der Waals surface area contributed by atoms with E-state index in [2.05, 4.69) is 125 Å². The molecule has 7 aromatic carbocycles. The molecular weight excluding hydrogens is 697 g/mol. The van der Waals surface area contributed by atoms with E-state index in [1.54, 1.807) is 35.5 Å². The van der Waals surface area contributed by atoms with Crippen LogP contribution in [0.2, 0.25) is 0 Å². The SMILES string of the molecule is COc1ccc(C=C(c2ccc(N(c3ccc(OC)cc3)c3ccc(OC)cc3)cc2)c2ccc(N(c3ccc(OC)cc3)c3ccc(OC)cc3)cc2)cc1. The molecule has 0 spiro atoms. The third-order valence-electron chi connectivity index (χ3n) is 9.62. The van der Waals surface area contributed by atoms with Gasteiger partial charge in [-0.05, 0) is 162 Å². The molecule has 0 N–H and O–H groups in total. The molecule has 7 rings (SSSR count). The monoisotopic (exact) mass is 740 g/mol. The number of nitrogens with zero attached hydrogens (tertiary/aromatic N) is 2. The molecule has 0 bridgehead atoms. The van der Waals surface area contributed by atoms with E-state index >= 15 is 0 Å². The summed E-state index contributed by atoms with van der Waals surface area (Å²) in [7, 11) is 8.39. The molecule has 0 radical (unpaired) electrons. The van der Waals surface area contributed by atoms with Crippen molar-refractivity contribution >= 4 is 45.8 Å². The van der Waals surface area contributed by atoms with Crippen molar-refractivity contribution in [1.82, 2.24) is 0 Å². The molecule has 7 aromatic rings. The van der Waals surface area contributed by atoms with Crippen molar-refractivity contribution in [2.24, 2.45) is 0 Å². The van der Waals surface area contributed by atoms with Crippen LogP contribution in [0.3, 0.4) is 0 Å². The van der Waals surface area contributed by atoms with Crippen molar-refractivity contribution in [2.75, 3.05) is 45.3 Å². The van der Waals surface area contributed by atoms with Gasteiger partial charge in [-0.2, -0.15) is 0 Å². The molecule has 0 saturated carbocycles. The van der Waals surface area contributed by atoms with E-state index in [4.69, 9.17) is 23.7 Å². The summed E-state index contributed by atoms with van der Waals surface area (Å²) in [4.78, 5) is 4.44. The summed E-state index contributed by atoms with van der Waals surface area (Å²) >= 11 is 0. The van der Waals surface area contributed by atoms with Gasteiger partial charge in [-0.1, -0.05) is 36.4 Å². The van der Waals surface area contributed by atoms with Gasteiger partial charge in [-0.25, -0.2) is 0 Å². The minimum Gasteiger partial charge on any atom is -0.497 e. The normalized spacial score (nSPS) is 10.6. The molecule has 7 nitrogen and oxygen atoms in total. The van der Waals surface area contributed by atoms with Crippen LogP contribution in [0.25, 0.3) is 11.6 Å². The van der Waals surface area contributed by atoms with Gasteiger partial charge >= 0.3 is 0 Å². The average Bonchev–Trinajstić information content (AvgIpc) is 3.27. The molecule has 0 aromatic heterocycles. The third-order valence-corrected chi connectivity index (χ3v) is 9.62. The van der Waals surface area contributed by atoms with Gasteiger partial charge in [0, 0.05) is 34.1 Å². The molecular formula is C49H44N2O5. The Morgan fingerprint density at radius 2 is 0.518 bits per heavy atom. The molecule has 0 unspecified atom stereocenters. The summed E-state index contributed by atoms with van der Waals surface area (Å²) in [6, 6.07) is 57.8. The van der Waals surface area contributed by atoms with E-state index < -0.39 is 0 Å². The number of ether oxygens (including phenoxy) is 5. The number of benzene rings is 7. The smallest absolute Gasteiger partial charge is 0.119 e. The number of rotatable bonds is 14. The lowest BCUT2D eigenvalue weighted by atomic mass is 9.95. The van der Waals surface area contributed by atoms with Crippen LogP contribution in [0.1, 0.15) is 16.7 Å². The molecule has 56 heavy (non-hydrogen) atoms. The van der Waals surface area contributed by atoms with Crippen molar-refractivity contribution in [2.45, 2.75) is 0 Å². The highest BCUT2D eigenvalue weighted by molar-refractivity contribution is 5.93. The van der Waals surface area contributed by atoms with E-state index in [0.29, 0.717) is 0 Å². The number of hydrogen-bond donors (Lipinski definition) is 0.